The number of aromatic nitrogens is 2. The van der Waals surface area contributed by atoms with Crippen LogP contribution in [0.25, 0.3) is 0 Å². The number of hydrogen-bond acceptors (Lipinski definition) is 7. The van der Waals surface area contributed by atoms with Crippen LogP contribution in [0.5, 0.6) is 0 Å². The molecule has 0 radical (unpaired) electrons. The standard InChI is InChI=1S/C19H15F4N5O2S/c1-9(17(25)30)28(12-5-3-11(20)4-6-12)18-27-16(24)15(31-18)14(29)10-2-7-13(26-8-10)19(21,22)23/h2-9H,24H2,1H3,(H2,25,30)/t9-/m0/s1. The zero-order valence-corrected chi connectivity index (χ0v) is 16.7. The lowest BCUT2D eigenvalue weighted by Crippen LogP contribution is -2.39. The molecule has 0 saturated heterocycles. The number of nitrogens with two attached hydrogens (primary N) is 2. The molecule has 0 aliphatic heterocycles. The van der Waals surface area contributed by atoms with Gasteiger partial charge in [0.2, 0.25) is 11.7 Å². The first-order valence-electron chi connectivity index (χ1n) is 8.67. The molecule has 0 spiro atoms. The Balaban J connectivity index is 1.99. The van der Waals surface area contributed by atoms with Gasteiger partial charge in [-0.2, -0.15) is 13.2 Å². The van der Waals surface area contributed by atoms with E-state index >= 15 is 0 Å². The summed E-state index contributed by atoms with van der Waals surface area (Å²) >= 11 is 0.814. The number of rotatable bonds is 6. The van der Waals surface area contributed by atoms with Crippen molar-refractivity contribution in [3.63, 3.8) is 0 Å². The fraction of sp³-hybridized carbons (Fsp3) is 0.158. The summed E-state index contributed by atoms with van der Waals surface area (Å²) in [5.74, 6) is -2.08. The van der Waals surface area contributed by atoms with Crippen molar-refractivity contribution in [2.24, 2.45) is 5.73 Å². The van der Waals surface area contributed by atoms with Crippen molar-refractivity contribution in [3.8, 4) is 0 Å². The maximum absolute atomic E-state index is 13.3. The Hall–Kier alpha value is -3.54. The van der Waals surface area contributed by atoms with Crippen LogP contribution in [-0.4, -0.2) is 27.7 Å². The summed E-state index contributed by atoms with van der Waals surface area (Å²) in [5, 5.41) is 0.124. The molecular weight excluding hydrogens is 438 g/mol. The average Bonchev–Trinajstić information content (AvgIpc) is 3.09. The lowest BCUT2D eigenvalue weighted by atomic mass is 10.1. The van der Waals surface area contributed by atoms with E-state index in [4.69, 9.17) is 11.5 Å². The maximum Gasteiger partial charge on any atom is 0.433 e. The van der Waals surface area contributed by atoms with Crippen LogP contribution in [-0.2, 0) is 11.0 Å². The molecule has 162 valence electrons. The number of nitrogen functional groups attached to an aromatic ring is 1. The number of halogens is 4. The number of alkyl halides is 3. The molecule has 2 aromatic heterocycles. The molecule has 0 aliphatic carbocycles. The molecule has 3 rings (SSSR count). The number of hydrogen-bond donors (Lipinski definition) is 2. The highest BCUT2D eigenvalue weighted by molar-refractivity contribution is 7.18. The Morgan fingerprint density at radius 2 is 1.77 bits per heavy atom. The van der Waals surface area contributed by atoms with Crippen LogP contribution in [0.15, 0.2) is 42.6 Å². The monoisotopic (exact) mass is 453 g/mol. The molecule has 1 aromatic carbocycles. The van der Waals surface area contributed by atoms with Gasteiger partial charge in [0.1, 0.15) is 28.2 Å². The number of ketones is 1. The third kappa shape index (κ3) is 4.63. The van der Waals surface area contributed by atoms with Crippen LogP contribution in [0.1, 0.15) is 27.9 Å². The second-order valence-electron chi connectivity index (χ2n) is 6.39. The molecule has 0 fully saturated rings. The van der Waals surface area contributed by atoms with Crippen LogP contribution < -0.4 is 16.4 Å². The molecule has 0 unspecified atom stereocenters. The van der Waals surface area contributed by atoms with Crippen LogP contribution >= 0.6 is 11.3 Å². The second-order valence-corrected chi connectivity index (χ2v) is 7.37. The van der Waals surface area contributed by atoms with Crippen LogP contribution in [0.4, 0.5) is 34.2 Å². The van der Waals surface area contributed by atoms with Crippen molar-refractivity contribution in [1.29, 1.82) is 0 Å². The Bertz CT molecular complexity index is 1110. The van der Waals surface area contributed by atoms with Gasteiger partial charge in [-0.25, -0.2) is 9.37 Å². The molecule has 2 heterocycles. The highest BCUT2D eigenvalue weighted by Gasteiger charge is 2.33. The first kappa shape index (κ1) is 22.2. The van der Waals surface area contributed by atoms with Crippen LogP contribution in [0.3, 0.4) is 0 Å². The first-order valence-corrected chi connectivity index (χ1v) is 9.49. The number of carbonyl (C=O) groups excluding carboxylic acids is 2. The number of carbonyl (C=O) groups is 2. The first-order chi connectivity index (χ1) is 14.5. The third-order valence-electron chi connectivity index (χ3n) is 4.27. The smallest absolute Gasteiger partial charge is 0.382 e. The Labute approximate surface area is 177 Å². The van der Waals surface area contributed by atoms with Gasteiger partial charge in [0, 0.05) is 17.4 Å². The summed E-state index contributed by atoms with van der Waals surface area (Å²) in [4.78, 5) is 33.3. The van der Waals surface area contributed by atoms with Crippen molar-refractivity contribution >= 4 is 39.7 Å². The number of benzene rings is 1. The zero-order chi connectivity index (χ0) is 22.9. The van der Waals surface area contributed by atoms with E-state index in [1.165, 1.54) is 36.1 Å². The fourth-order valence-electron chi connectivity index (χ4n) is 2.64. The van der Waals surface area contributed by atoms with Gasteiger partial charge in [0.05, 0.1) is 0 Å². The molecule has 0 saturated carbocycles. The van der Waals surface area contributed by atoms with Crippen LogP contribution in [0, 0.1) is 5.82 Å². The van der Waals surface area contributed by atoms with Crippen molar-refractivity contribution in [1.82, 2.24) is 9.97 Å². The molecule has 31 heavy (non-hydrogen) atoms. The predicted octanol–water partition coefficient (Wildman–Crippen LogP) is 3.52. The Morgan fingerprint density at radius 1 is 1.13 bits per heavy atom. The summed E-state index contributed by atoms with van der Waals surface area (Å²) in [6, 6.07) is 5.89. The number of nitrogens with zero attached hydrogens (tertiary/aromatic N) is 3. The Kier molecular flexibility index (Phi) is 5.93. The third-order valence-corrected chi connectivity index (χ3v) is 5.34. The number of anilines is 3. The van der Waals surface area contributed by atoms with Gasteiger partial charge in [-0.05, 0) is 43.3 Å². The van der Waals surface area contributed by atoms with Gasteiger partial charge in [0.15, 0.2) is 5.13 Å². The molecular formula is C19H15F4N5O2S. The molecule has 7 nitrogen and oxygen atoms in total. The highest BCUT2D eigenvalue weighted by Crippen LogP contribution is 2.36. The normalized spacial score (nSPS) is 12.4. The fourth-order valence-corrected chi connectivity index (χ4v) is 3.69. The number of primary amides is 1. The van der Waals surface area contributed by atoms with E-state index < -0.39 is 35.4 Å². The van der Waals surface area contributed by atoms with E-state index in [1.807, 2.05) is 0 Å². The minimum Gasteiger partial charge on any atom is -0.382 e. The van der Waals surface area contributed by atoms with Gasteiger partial charge < -0.3 is 16.4 Å². The quantitative estimate of drug-likeness (QED) is 0.436. The lowest BCUT2D eigenvalue weighted by Gasteiger charge is -2.26. The molecule has 4 N–H and O–H groups in total. The predicted molar refractivity (Wildman–Crippen MR) is 106 cm³/mol. The SMILES string of the molecule is C[C@@H](C(N)=O)N(c1ccc(F)cc1)c1nc(N)c(C(=O)c2ccc(C(F)(F)F)nc2)s1. The Morgan fingerprint density at radius 3 is 2.29 bits per heavy atom. The van der Waals surface area contributed by atoms with E-state index in [9.17, 15) is 27.2 Å². The summed E-state index contributed by atoms with van der Waals surface area (Å²) in [6.07, 6.45) is -3.84. The van der Waals surface area contributed by atoms with Crippen molar-refractivity contribution in [3.05, 3.63) is 64.5 Å². The van der Waals surface area contributed by atoms with Gasteiger partial charge in [-0.15, -0.1) is 0 Å². The van der Waals surface area contributed by atoms with E-state index in [0.29, 0.717) is 11.8 Å². The van der Waals surface area contributed by atoms with Gasteiger partial charge in [0.25, 0.3) is 0 Å². The lowest BCUT2D eigenvalue weighted by molar-refractivity contribution is -0.141. The molecule has 1 amide bonds. The van der Waals surface area contributed by atoms with E-state index in [0.717, 1.165) is 23.6 Å². The van der Waals surface area contributed by atoms with E-state index in [-0.39, 0.29) is 21.4 Å². The average molecular weight is 453 g/mol. The molecule has 0 bridgehead atoms. The summed E-state index contributed by atoms with van der Waals surface area (Å²) in [5.41, 5.74) is 10.4. The van der Waals surface area contributed by atoms with Gasteiger partial charge in [-0.3, -0.25) is 14.6 Å². The zero-order valence-electron chi connectivity index (χ0n) is 15.9. The molecule has 3 aromatic rings. The summed E-state index contributed by atoms with van der Waals surface area (Å²) in [6.45, 7) is 1.49. The highest BCUT2D eigenvalue weighted by atomic mass is 32.1. The number of thiazole rings is 1. The molecule has 1 atom stereocenters. The van der Waals surface area contributed by atoms with E-state index in [1.54, 1.807) is 0 Å². The van der Waals surface area contributed by atoms with Crippen molar-refractivity contribution < 1.29 is 27.2 Å². The minimum atomic E-state index is -4.64. The minimum absolute atomic E-state index is 0.0552. The number of pyridine rings is 1. The largest absolute Gasteiger partial charge is 0.433 e. The van der Waals surface area contributed by atoms with Gasteiger partial charge >= 0.3 is 6.18 Å². The molecule has 12 heteroatoms. The van der Waals surface area contributed by atoms with Crippen molar-refractivity contribution in [2.45, 2.75) is 19.1 Å². The van der Waals surface area contributed by atoms with E-state index in [2.05, 4.69) is 9.97 Å². The molecule has 0 aliphatic rings. The second kappa shape index (κ2) is 8.30. The van der Waals surface area contributed by atoms with Gasteiger partial charge in [-0.1, -0.05) is 11.3 Å². The number of amides is 1. The summed E-state index contributed by atoms with van der Waals surface area (Å²) in [7, 11) is 0. The van der Waals surface area contributed by atoms with Crippen LogP contribution in [0.2, 0.25) is 0 Å². The maximum atomic E-state index is 13.3. The topological polar surface area (TPSA) is 115 Å². The van der Waals surface area contributed by atoms with Crippen molar-refractivity contribution in [2.75, 3.05) is 10.6 Å². The summed E-state index contributed by atoms with van der Waals surface area (Å²) < 4.78 is 51.4.